The molecule has 4 aromatic rings. The average molecular weight is 812 g/mol. The third-order valence-corrected chi connectivity index (χ3v) is 7.44. The molecule has 0 saturated heterocycles. The van der Waals surface area contributed by atoms with Crippen LogP contribution in [0.15, 0.2) is 53.7 Å². The Morgan fingerprint density at radius 2 is 1.10 bits per heavy atom. The van der Waals surface area contributed by atoms with Crippen LogP contribution in [0.2, 0.25) is 20.1 Å². The molecule has 4 rings (SSSR count). The van der Waals surface area contributed by atoms with E-state index in [1.54, 1.807) is 69.3 Å². The molecule has 0 fully saturated rings. The molecular weight excluding hydrogens is 788 g/mol. The zero-order valence-electron chi connectivity index (χ0n) is 23.0. The number of aromatic nitrogens is 2. The van der Waals surface area contributed by atoms with Crippen LogP contribution >= 0.6 is 80.8 Å². The Bertz CT molecular complexity index is 1450. The summed E-state index contributed by atoms with van der Waals surface area (Å²) in [7, 11) is 3.17. The van der Waals surface area contributed by atoms with Gasteiger partial charge in [-0.15, -0.1) is 11.8 Å². The number of nitrogens with two attached hydrogens (primary N) is 2. The molecule has 2 aromatic heterocycles. The van der Waals surface area contributed by atoms with Gasteiger partial charge in [0.1, 0.15) is 0 Å². The standard InChI is InChI=1S/C13H12Cl2N2O2S.C12H9Cl2IN2O2.CH4S.Na/c1-18-10-6-17-12(5-11(10)20-2)19-13-8(14)3-7(16)4-9(13)15;1-18-10-5-17-11(4-9(10)15)19-12-7(13)2-6(16)3-8(12)14;1-2;/h3-6H,16H2,1-2H3;2-5H,16H2,1H3;2H,1H3;/q;;;+1/p-1. The molecule has 0 spiro atoms. The van der Waals surface area contributed by atoms with Crippen LogP contribution in [-0.4, -0.2) is 36.7 Å². The fourth-order valence-corrected chi connectivity index (χ4v) is 5.29. The molecule has 2 heterocycles. The monoisotopic (exact) mass is 810 g/mol. The second-order valence-electron chi connectivity index (χ2n) is 7.37. The Morgan fingerprint density at radius 3 is 1.45 bits per heavy atom. The zero-order valence-corrected chi connectivity index (χ0v) is 31.8. The molecule has 8 nitrogen and oxygen atoms in total. The van der Waals surface area contributed by atoms with Crippen LogP contribution in [0.4, 0.5) is 11.4 Å². The van der Waals surface area contributed by atoms with Crippen LogP contribution in [0, 0.1) is 3.57 Å². The van der Waals surface area contributed by atoms with E-state index in [-0.39, 0.29) is 29.6 Å². The molecule has 220 valence electrons. The first-order valence-corrected chi connectivity index (χ1v) is 15.7. The van der Waals surface area contributed by atoms with Crippen molar-refractivity contribution in [1.29, 1.82) is 0 Å². The van der Waals surface area contributed by atoms with E-state index in [1.165, 1.54) is 11.8 Å². The number of anilines is 2. The molecule has 0 aliphatic carbocycles. The predicted molar refractivity (Wildman–Crippen MR) is 181 cm³/mol. The minimum atomic E-state index is 0. The van der Waals surface area contributed by atoms with Crippen molar-refractivity contribution in [3.8, 4) is 34.8 Å². The van der Waals surface area contributed by atoms with Gasteiger partial charge in [0, 0.05) is 23.5 Å². The molecule has 0 amide bonds. The van der Waals surface area contributed by atoms with Crippen LogP contribution in [0.5, 0.6) is 34.8 Å². The van der Waals surface area contributed by atoms with Gasteiger partial charge in [0.15, 0.2) is 23.0 Å². The van der Waals surface area contributed by atoms with E-state index < -0.39 is 0 Å². The Kier molecular flexibility index (Phi) is 18.2. The van der Waals surface area contributed by atoms with Crippen molar-refractivity contribution in [2.75, 3.05) is 38.2 Å². The van der Waals surface area contributed by atoms with Crippen molar-refractivity contribution in [2.45, 2.75) is 4.90 Å². The van der Waals surface area contributed by atoms with Crippen LogP contribution in [0.3, 0.4) is 0 Å². The van der Waals surface area contributed by atoms with Gasteiger partial charge in [0.25, 0.3) is 0 Å². The van der Waals surface area contributed by atoms with Crippen molar-refractivity contribution < 1.29 is 48.5 Å². The van der Waals surface area contributed by atoms with E-state index >= 15 is 0 Å². The van der Waals surface area contributed by atoms with Crippen LogP contribution in [0.1, 0.15) is 0 Å². The summed E-state index contributed by atoms with van der Waals surface area (Å²) in [6, 6.07) is 9.76. The maximum Gasteiger partial charge on any atom is 1.00 e. The summed E-state index contributed by atoms with van der Waals surface area (Å²) in [6.07, 6.45) is 6.67. The quantitative estimate of drug-likeness (QED) is 0.0754. The van der Waals surface area contributed by atoms with Crippen molar-refractivity contribution in [2.24, 2.45) is 0 Å². The van der Waals surface area contributed by atoms with Gasteiger partial charge in [-0.1, -0.05) is 46.4 Å². The normalized spacial score (nSPS) is 9.76. The van der Waals surface area contributed by atoms with Crippen LogP contribution < -0.4 is 60.0 Å². The fourth-order valence-electron chi connectivity index (χ4n) is 2.94. The van der Waals surface area contributed by atoms with Crippen LogP contribution in [-0.2, 0) is 12.6 Å². The number of halogens is 5. The van der Waals surface area contributed by atoms with Gasteiger partial charge >= 0.3 is 29.6 Å². The van der Waals surface area contributed by atoms with Gasteiger partial charge < -0.3 is 43.0 Å². The first kappa shape index (κ1) is 39.2. The molecule has 42 heavy (non-hydrogen) atoms. The summed E-state index contributed by atoms with van der Waals surface area (Å²) in [5.41, 5.74) is 12.2. The molecule has 0 atom stereocenters. The summed E-state index contributed by atoms with van der Waals surface area (Å²) in [5, 5.41) is 1.33. The van der Waals surface area contributed by atoms with Crippen molar-refractivity contribution in [3.63, 3.8) is 0 Å². The van der Waals surface area contributed by atoms with Crippen molar-refractivity contribution >= 4 is 105 Å². The topological polar surface area (TPSA) is 115 Å². The number of methoxy groups -OCH3 is 2. The molecule has 0 unspecified atom stereocenters. The maximum atomic E-state index is 6.07. The molecular formula is C26H24Cl4IN4NaO4S2. The minimum Gasteiger partial charge on any atom is -0.796 e. The molecule has 0 aliphatic rings. The van der Waals surface area contributed by atoms with Crippen molar-refractivity contribution in [3.05, 3.63) is 72.5 Å². The van der Waals surface area contributed by atoms with Gasteiger partial charge in [-0.25, -0.2) is 9.97 Å². The number of rotatable bonds is 7. The van der Waals surface area contributed by atoms with E-state index in [0.29, 0.717) is 66.2 Å². The number of nitrogen functional groups attached to an aromatic ring is 2. The number of hydrogen-bond acceptors (Lipinski definition) is 10. The molecule has 0 radical (unpaired) electrons. The summed E-state index contributed by atoms with van der Waals surface area (Å²) in [4.78, 5) is 9.16. The Hall–Kier alpha value is -0.870. The van der Waals surface area contributed by atoms with Gasteiger partial charge in [0.05, 0.1) is 55.2 Å². The number of benzene rings is 2. The SMILES string of the molecule is COc1cnc(Oc2c(Cl)cc(N)cc2Cl)cc1I.COc1cnc(Oc2c(Cl)cc(N)cc2Cl)cc1SC.C[S-].[Na+]. The fraction of sp³-hybridized carbons (Fsp3) is 0.154. The van der Waals surface area contributed by atoms with E-state index in [4.69, 9.17) is 76.8 Å². The van der Waals surface area contributed by atoms with Gasteiger partial charge in [-0.05, 0) is 53.1 Å². The number of hydrogen-bond donors (Lipinski definition) is 2. The summed E-state index contributed by atoms with van der Waals surface area (Å²) >= 11 is 31.9. The average Bonchev–Trinajstić information content (AvgIpc) is 2.94. The minimum absolute atomic E-state index is 0. The molecule has 0 bridgehead atoms. The molecule has 2 aromatic carbocycles. The maximum absolute atomic E-state index is 6.07. The van der Waals surface area contributed by atoms with Crippen LogP contribution in [0.25, 0.3) is 0 Å². The Labute approximate surface area is 310 Å². The summed E-state index contributed by atoms with van der Waals surface area (Å²) < 4.78 is 22.4. The number of pyridine rings is 2. The molecule has 4 N–H and O–H groups in total. The largest absolute Gasteiger partial charge is 1.00 e. The van der Waals surface area contributed by atoms with E-state index in [9.17, 15) is 0 Å². The van der Waals surface area contributed by atoms with Gasteiger partial charge in [0.2, 0.25) is 11.8 Å². The molecule has 0 aliphatic heterocycles. The summed E-state index contributed by atoms with van der Waals surface area (Å²) in [6.45, 7) is 0. The number of ether oxygens (including phenoxy) is 4. The van der Waals surface area contributed by atoms with Gasteiger partial charge in [-0.2, -0.15) is 6.26 Å². The van der Waals surface area contributed by atoms with Gasteiger partial charge in [-0.3, -0.25) is 0 Å². The van der Waals surface area contributed by atoms with E-state index in [1.807, 2.05) is 6.26 Å². The zero-order chi connectivity index (χ0) is 30.7. The first-order chi connectivity index (χ1) is 19.6. The Morgan fingerprint density at radius 1 is 0.714 bits per heavy atom. The third-order valence-electron chi connectivity index (χ3n) is 4.72. The summed E-state index contributed by atoms with van der Waals surface area (Å²) in [5.74, 6) is 2.75. The van der Waals surface area contributed by atoms with E-state index in [0.717, 1.165) is 8.47 Å². The van der Waals surface area contributed by atoms with E-state index in [2.05, 4.69) is 45.2 Å². The molecule has 0 saturated carbocycles. The number of nitrogens with zero attached hydrogens (tertiary/aromatic N) is 2. The molecule has 16 heteroatoms. The smallest absolute Gasteiger partial charge is 0.796 e. The predicted octanol–water partition coefficient (Wildman–Crippen LogP) is 6.04. The second kappa shape index (κ2) is 19.5. The third kappa shape index (κ3) is 11.2. The second-order valence-corrected chi connectivity index (χ2v) is 11.0. The Balaban J connectivity index is 0.000000388. The number of thioether (sulfide) groups is 1. The first-order valence-electron chi connectivity index (χ1n) is 11.1. The van der Waals surface area contributed by atoms with Crippen molar-refractivity contribution in [1.82, 2.24) is 9.97 Å².